The average molecular weight is 203 g/mol. The van der Waals surface area contributed by atoms with Crippen LogP contribution in [0.15, 0.2) is 0 Å². The van der Waals surface area contributed by atoms with Crippen LogP contribution in [-0.2, 0) is 0 Å². The largest absolute Gasteiger partial charge is 0.0925 e. The first kappa shape index (κ1) is 7.15. The van der Waals surface area contributed by atoms with Crippen molar-refractivity contribution in [3.63, 3.8) is 0 Å². The molecule has 58 valence electrons. The summed E-state index contributed by atoms with van der Waals surface area (Å²) in [4.78, 5) is 0. The Kier molecular flexibility index (Phi) is 1.43. The maximum Gasteiger partial charge on any atom is 0.00651 e. The van der Waals surface area contributed by atoms with E-state index in [0.717, 1.165) is 23.2 Å². The highest BCUT2D eigenvalue weighted by molar-refractivity contribution is 9.09. The van der Waals surface area contributed by atoms with Gasteiger partial charge in [-0.05, 0) is 36.0 Å². The van der Waals surface area contributed by atoms with Crippen molar-refractivity contribution in [1.82, 2.24) is 0 Å². The Labute approximate surface area is 71.5 Å². The normalized spacial score (nSPS) is 58.5. The molecule has 0 aliphatic heterocycles. The van der Waals surface area contributed by atoms with Crippen molar-refractivity contribution in [3.05, 3.63) is 0 Å². The highest BCUT2D eigenvalue weighted by Crippen LogP contribution is 2.67. The van der Waals surface area contributed by atoms with Gasteiger partial charge in [0, 0.05) is 5.33 Å². The minimum absolute atomic E-state index is 0.753. The van der Waals surface area contributed by atoms with E-state index in [-0.39, 0.29) is 0 Å². The van der Waals surface area contributed by atoms with Gasteiger partial charge in [-0.1, -0.05) is 29.8 Å². The third kappa shape index (κ3) is 0.861. The zero-order chi connectivity index (χ0) is 7.35. The number of halogens is 1. The Balaban J connectivity index is 1.94. The topological polar surface area (TPSA) is 0 Å². The van der Waals surface area contributed by atoms with Gasteiger partial charge in [0.1, 0.15) is 0 Å². The Morgan fingerprint density at radius 2 is 2.20 bits per heavy atom. The van der Waals surface area contributed by atoms with E-state index in [1.165, 1.54) is 18.2 Å². The predicted molar refractivity (Wildman–Crippen MR) is 47.3 cm³/mol. The van der Waals surface area contributed by atoms with Crippen LogP contribution in [0.3, 0.4) is 0 Å². The average Bonchev–Trinajstić information content (AvgIpc) is 2.72. The monoisotopic (exact) mass is 202 g/mol. The fourth-order valence-electron chi connectivity index (χ4n) is 2.40. The summed E-state index contributed by atoms with van der Waals surface area (Å²) in [5.74, 6) is 3.12. The van der Waals surface area contributed by atoms with Crippen molar-refractivity contribution in [2.45, 2.75) is 26.7 Å². The highest BCUT2D eigenvalue weighted by Gasteiger charge is 2.60. The fourth-order valence-corrected chi connectivity index (χ4v) is 3.37. The van der Waals surface area contributed by atoms with E-state index in [4.69, 9.17) is 0 Å². The SMILES string of the molecule is CC1CC1C1(C)CC1CBr. The van der Waals surface area contributed by atoms with Crippen molar-refractivity contribution >= 4 is 15.9 Å². The Morgan fingerprint density at radius 3 is 2.50 bits per heavy atom. The molecular weight excluding hydrogens is 188 g/mol. The molecule has 4 unspecified atom stereocenters. The second-order valence-corrected chi connectivity index (χ2v) is 5.03. The van der Waals surface area contributed by atoms with Crippen molar-refractivity contribution < 1.29 is 0 Å². The van der Waals surface area contributed by atoms with E-state index in [0.29, 0.717) is 0 Å². The number of hydrogen-bond acceptors (Lipinski definition) is 0. The van der Waals surface area contributed by atoms with Gasteiger partial charge in [-0.25, -0.2) is 0 Å². The summed E-state index contributed by atoms with van der Waals surface area (Å²) in [7, 11) is 0. The van der Waals surface area contributed by atoms with Crippen LogP contribution in [0.25, 0.3) is 0 Å². The molecule has 2 aliphatic carbocycles. The molecule has 2 rings (SSSR count). The molecule has 0 heterocycles. The number of hydrogen-bond donors (Lipinski definition) is 0. The first-order chi connectivity index (χ1) is 4.68. The summed E-state index contributed by atoms with van der Waals surface area (Å²) in [5.41, 5.74) is 0.753. The van der Waals surface area contributed by atoms with Crippen molar-refractivity contribution in [2.75, 3.05) is 5.33 Å². The van der Waals surface area contributed by atoms with Crippen molar-refractivity contribution in [1.29, 1.82) is 0 Å². The number of alkyl halides is 1. The lowest BCUT2D eigenvalue weighted by Gasteiger charge is -2.07. The molecule has 10 heavy (non-hydrogen) atoms. The smallest absolute Gasteiger partial charge is 0.00651 e. The van der Waals surface area contributed by atoms with E-state index in [2.05, 4.69) is 29.8 Å². The quantitative estimate of drug-likeness (QED) is 0.605. The molecule has 0 nitrogen and oxygen atoms in total. The van der Waals surface area contributed by atoms with Crippen LogP contribution in [-0.4, -0.2) is 5.33 Å². The lowest BCUT2D eigenvalue weighted by atomic mass is 9.99. The fraction of sp³-hybridized carbons (Fsp3) is 1.00. The van der Waals surface area contributed by atoms with Gasteiger partial charge in [0.15, 0.2) is 0 Å². The van der Waals surface area contributed by atoms with Gasteiger partial charge in [0.25, 0.3) is 0 Å². The van der Waals surface area contributed by atoms with Crippen molar-refractivity contribution in [3.8, 4) is 0 Å². The maximum absolute atomic E-state index is 3.57. The summed E-state index contributed by atoms with van der Waals surface area (Å²) < 4.78 is 0. The molecule has 0 radical (unpaired) electrons. The zero-order valence-electron chi connectivity index (χ0n) is 6.73. The molecule has 0 N–H and O–H groups in total. The van der Waals surface area contributed by atoms with Gasteiger partial charge in [-0.3, -0.25) is 0 Å². The lowest BCUT2D eigenvalue weighted by molar-refractivity contribution is 0.429. The molecule has 4 atom stereocenters. The molecule has 0 aromatic carbocycles. The van der Waals surface area contributed by atoms with Crippen LogP contribution < -0.4 is 0 Å². The van der Waals surface area contributed by atoms with E-state index in [1.54, 1.807) is 0 Å². The van der Waals surface area contributed by atoms with Gasteiger partial charge in [0.2, 0.25) is 0 Å². The van der Waals surface area contributed by atoms with E-state index >= 15 is 0 Å². The third-order valence-corrected chi connectivity index (χ3v) is 4.38. The molecule has 2 aliphatic rings. The third-order valence-electron chi connectivity index (χ3n) is 3.60. The highest BCUT2D eigenvalue weighted by atomic mass is 79.9. The second-order valence-electron chi connectivity index (χ2n) is 4.38. The van der Waals surface area contributed by atoms with Gasteiger partial charge >= 0.3 is 0 Å². The van der Waals surface area contributed by atoms with Crippen molar-refractivity contribution in [2.24, 2.45) is 23.2 Å². The van der Waals surface area contributed by atoms with Crippen LogP contribution in [0.4, 0.5) is 0 Å². The van der Waals surface area contributed by atoms with E-state index < -0.39 is 0 Å². The molecule has 0 spiro atoms. The minimum Gasteiger partial charge on any atom is -0.0925 e. The summed E-state index contributed by atoms with van der Waals surface area (Å²) in [6.07, 6.45) is 2.98. The second kappa shape index (κ2) is 2.00. The Bertz CT molecular complexity index is 155. The van der Waals surface area contributed by atoms with Crippen LogP contribution >= 0.6 is 15.9 Å². The van der Waals surface area contributed by atoms with Gasteiger partial charge in [-0.15, -0.1) is 0 Å². The molecule has 2 saturated carbocycles. The summed E-state index contributed by atoms with van der Waals surface area (Å²) >= 11 is 3.57. The molecule has 0 bridgehead atoms. The Hall–Kier alpha value is 0.480. The van der Waals surface area contributed by atoms with Crippen LogP contribution in [0.1, 0.15) is 26.7 Å². The molecule has 0 aromatic heterocycles. The molecule has 1 heteroatoms. The molecule has 2 fully saturated rings. The zero-order valence-corrected chi connectivity index (χ0v) is 8.32. The molecule has 0 amide bonds. The maximum atomic E-state index is 3.57. The minimum atomic E-state index is 0.753. The molecule has 0 saturated heterocycles. The van der Waals surface area contributed by atoms with Gasteiger partial charge < -0.3 is 0 Å². The predicted octanol–water partition coefficient (Wildman–Crippen LogP) is 3.06. The summed E-state index contributed by atoms with van der Waals surface area (Å²) in [6.45, 7) is 4.85. The molecule has 0 aromatic rings. The lowest BCUT2D eigenvalue weighted by Crippen LogP contribution is -2.02. The Morgan fingerprint density at radius 1 is 1.60 bits per heavy atom. The van der Waals surface area contributed by atoms with E-state index in [1.807, 2.05) is 0 Å². The first-order valence-corrected chi connectivity index (χ1v) is 5.36. The van der Waals surface area contributed by atoms with Crippen LogP contribution in [0.2, 0.25) is 0 Å². The number of rotatable bonds is 2. The summed E-state index contributed by atoms with van der Waals surface area (Å²) in [5, 5.41) is 1.23. The summed E-state index contributed by atoms with van der Waals surface area (Å²) in [6, 6.07) is 0. The molecular formula is C9H15Br. The van der Waals surface area contributed by atoms with E-state index in [9.17, 15) is 0 Å². The van der Waals surface area contributed by atoms with Gasteiger partial charge in [0.05, 0.1) is 0 Å². The first-order valence-electron chi connectivity index (χ1n) is 4.24. The van der Waals surface area contributed by atoms with Crippen LogP contribution in [0.5, 0.6) is 0 Å². The van der Waals surface area contributed by atoms with Gasteiger partial charge in [-0.2, -0.15) is 0 Å². The van der Waals surface area contributed by atoms with Crippen LogP contribution in [0, 0.1) is 23.2 Å². The standard InChI is InChI=1S/C9H15Br/c1-6-3-8(6)9(2)4-7(9)5-10/h6-8H,3-5H2,1-2H3.